The molecule has 4 aromatic rings. The summed E-state index contributed by atoms with van der Waals surface area (Å²) in [6.07, 6.45) is 3.72. The number of amides is 1. The van der Waals surface area contributed by atoms with Gasteiger partial charge in [-0.15, -0.1) is 0 Å². The van der Waals surface area contributed by atoms with Gasteiger partial charge in [-0.3, -0.25) is 14.7 Å². The molecule has 146 valence electrons. The van der Waals surface area contributed by atoms with Crippen molar-refractivity contribution >= 4 is 27.8 Å². The number of piperazine rings is 1. The normalized spacial score (nSPS) is 15.2. The highest BCUT2D eigenvalue weighted by molar-refractivity contribution is 5.96. The molecule has 1 saturated heterocycles. The van der Waals surface area contributed by atoms with Crippen molar-refractivity contribution in [2.45, 2.75) is 6.54 Å². The van der Waals surface area contributed by atoms with Gasteiger partial charge in [-0.25, -0.2) is 9.66 Å². The summed E-state index contributed by atoms with van der Waals surface area (Å²) in [6, 6.07) is 15.8. The molecule has 0 saturated carbocycles. The minimum Gasteiger partial charge on any atom is -0.366 e. The van der Waals surface area contributed by atoms with Crippen LogP contribution in [-0.2, 0) is 6.54 Å². The lowest BCUT2D eigenvalue weighted by atomic mass is 10.1. The van der Waals surface area contributed by atoms with E-state index in [2.05, 4.69) is 48.8 Å². The Morgan fingerprint density at radius 2 is 1.79 bits per heavy atom. The maximum Gasteiger partial charge on any atom is 0.248 e. The van der Waals surface area contributed by atoms with Crippen molar-refractivity contribution in [2.24, 2.45) is 5.73 Å². The summed E-state index contributed by atoms with van der Waals surface area (Å²) in [4.78, 5) is 22.8. The van der Waals surface area contributed by atoms with Gasteiger partial charge in [0.1, 0.15) is 6.33 Å². The number of rotatable bonds is 4. The monoisotopic (exact) mass is 386 g/mol. The summed E-state index contributed by atoms with van der Waals surface area (Å²) in [5.74, 6) is -0.432. The van der Waals surface area contributed by atoms with Gasteiger partial charge < -0.3 is 10.7 Å². The van der Waals surface area contributed by atoms with Crippen molar-refractivity contribution in [3.63, 3.8) is 0 Å². The van der Waals surface area contributed by atoms with Crippen molar-refractivity contribution in [3.05, 3.63) is 72.2 Å². The van der Waals surface area contributed by atoms with Crippen LogP contribution < -0.4 is 10.7 Å². The summed E-state index contributed by atoms with van der Waals surface area (Å²) in [5.41, 5.74) is 9.99. The highest BCUT2D eigenvalue weighted by Crippen LogP contribution is 2.20. The Labute approximate surface area is 168 Å². The van der Waals surface area contributed by atoms with Gasteiger partial charge in [-0.05, 0) is 35.9 Å². The number of carbonyl (C=O) groups excluding carboxylic acids is 1. The second-order valence-corrected chi connectivity index (χ2v) is 7.37. The maximum atomic E-state index is 11.4. The molecule has 7 nitrogen and oxygen atoms in total. The zero-order chi connectivity index (χ0) is 19.8. The van der Waals surface area contributed by atoms with E-state index in [4.69, 9.17) is 5.73 Å². The van der Waals surface area contributed by atoms with Crippen LogP contribution in [-0.4, -0.2) is 51.6 Å². The molecule has 0 aliphatic carbocycles. The van der Waals surface area contributed by atoms with E-state index in [9.17, 15) is 4.79 Å². The molecule has 0 unspecified atom stereocenters. The van der Waals surface area contributed by atoms with Crippen LogP contribution in [0.4, 0.5) is 0 Å². The first-order valence-corrected chi connectivity index (χ1v) is 9.76. The van der Waals surface area contributed by atoms with E-state index in [0.717, 1.165) is 49.3 Å². The van der Waals surface area contributed by atoms with Gasteiger partial charge in [0.2, 0.25) is 5.91 Å². The molecular weight excluding hydrogens is 364 g/mol. The smallest absolute Gasteiger partial charge is 0.248 e. The van der Waals surface area contributed by atoms with E-state index in [1.165, 1.54) is 10.9 Å². The number of imidazole rings is 1. The number of nitrogens with two attached hydrogens (primary N) is 1. The standard InChI is InChI=1S/C22H22N6O/c23-22(29)16-5-6-21-20(13-16)25-15-28(21)27-11-9-26(10-12-27)14-17-7-8-24-19-4-2-1-3-18(17)19/h1-8,13,15H,9-12,14H2,(H2,23,29). The molecule has 3 heterocycles. The fraction of sp³-hybridized carbons (Fsp3) is 0.227. The lowest BCUT2D eigenvalue weighted by Crippen LogP contribution is -2.50. The zero-order valence-electron chi connectivity index (χ0n) is 16.0. The number of hydrogen-bond acceptors (Lipinski definition) is 5. The van der Waals surface area contributed by atoms with Crippen LogP contribution in [0.15, 0.2) is 61.1 Å². The predicted molar refractivity (Wildman–Crippen MR) is 113 cm³/mol. The van der Waals surface area contributed by atoms with Crippen molar-refractivity contribution < 1.29 is 4.79 Å². The molecule has 1 aliphatic heterocycles. The summed E-state index contributed by atoms with van der Waals surface area (Å²) in [6.45, 7) is 4.67. The Balaban J connectivity index is 1.30. The highest BCUT2D eigenvalue weighted by Gasteiger charge is 2.19. The minimum atomic E-state index is -0.432. The minimum absolute atomic E-state index is 0.432. The molecule has 0 spiro atoms. The van der Waals surface area contributed by atoms with Gasteiger partial charge in [0, 0.05) is 49.9 Å². The Morgan fingerprint density at radius 1 is 0.966 bits per heavy atom. The molecule has 2 N–H and O–H groups in total. The first-order chi connectivity index (χ1) is 14.2. The average molecular weight is 386 g/mol. The quantitative estimate of drug-likeness (QED) is 0.581. The number of pyridine rings is 1. The van der Waals surface area contributed by atoms with Crippen molar-refractivity contribution in [3.8, 4) is 0 Å². The Hall–Kier alpha value is -3.45. The predicted octanol–water partition coefficient (Wildman–Crippen LogP) is 2.14. The van der Waals surface area contributed by atoms with Crippen molar-refractivity contribution in [1.29, 1.82) is 0 Å². The third-order valence-corrected chi connectivity index (χ3v) is 5.60. The lowest BCUT2D eigenvalue weighted by Gasteiger charge is -2.36. The largest absolute Gasteiger partial charge is 0.366 e. The number of para-hydroxylation sites is 1. The van der Waals surface area contributed by atoms with Gasteiger partial charge >= 0.3 is 0 Å². The van der Waals surface area contributed by atoms with Gasteiger partial charge in [0.25, 0.3) is 0 Å². The fourth-order valence-corrected chi connectivity index (χ4v) is 4.02. The molecule has 1 fully saturated rings. The average Bonchev–Trinajstić information content (AvgIpc) is 3.18. The first kappa shape index (κ1) is 17.6. The molecule has 0 atom stereocenters. The van der Waals surface area contributed by atoms with Gasteiger partial charge in [0.15, 0.2) is 0 Å². The number of fused-ring (bicyclic) bond motifs is 2. The van der Waals surface area contributed by atoms with Crippen LogP contribution in [0.1, 0.15) is 15.9 Å². The molecule has 5 rings (SSSR count). The van der Waals surface area contributed by atoms with E-state index in [1.807, 2.05) is 24.7 Å². The van der Waals surface area contributed by atoms with Crippen molar-refractivity contribution in [2.75, 3.05) is 31.2 Å². The lowest BCUT2D eigenvalue weighted by molar-refractivity contribution is 0.100. The number of carbonyl (C=O) groups is 1. The second-order valence-electron chi connectivity index (χ2n) is 7.37. The summed E-state index contributed by atoms with van der Waals surface area (Å²) >= 11 is 0. The molecule has 7 heteroatoms. The Morgan fingerprint density at radius 3 is 2.62 bits per heavy atom. The molecule has 2 aromatic carbocycles. The van der Waals surface area contributed by atoms with Gasteiger partial charge in [-0.2, -0.15) is 0 Å². The van der Waals surface area contributed by atoms with Crippen molar-refractivity contribution in [1.82, 2.24) is 19.5 Å². The summed E-state index contributed by atoms with van der Waals surface area (Å²) < 4.78 is 2.08. The maximum absolute atomic E-state index is 11.4. The highest BCUT2D eigenvalue weighted by atomic mass is 16.1. The van der Waals surface area contributed by atoms with E-state index in [-0.39, 0.29) is 0 Å². The van der Waals surface area contributed by atoms with E-state index in [1.54, 1.807) is 12.1 Å². The van der Waals surface area contributed by atoms with Crippen LogP contribution in [0, 0.1) is 0 Å². The van der Waals surface area contributed by atoms with Crippen LogP contribution in [0.3, 0.4) is 0 Å². The molecule has 0 radical (unpaired) electrons. The molecular formula is C22H22N6O. The van der Waals surface area contributed by atoms with Crippen LogP contribution in [0.2, 0.25) is 0 Å². The topological polar surface area (TPSA) is 80.3 Å². The number of primary amides is 1. The van der Waals surface area contributed by atoms with Gasteiger partial charge in [0.05, 0.1) is 16.6 Å². The van der Waals surface area contributed by atoms with Gasteiger partial charge in [-0.1, -0.05) is 18.2 Å². The zero-order valence-corrected chi connectivity index (χ0v) is 16.0. The third-order valence-electron chi connectivity index (χ3n) is 5.60. The Bertz CT molecular complexity index is 1190. The molecule has 29 heavy (non-hydrogen) atoms. The number of aromatic nitrogens is 3. The molecule has 2 aromatic heterocycles. The van der Waals surface area contributed by atoms with Crippen LogP contribution >= 0.6 is 0 Å². The summed E-state index contributed by atoms with van der Waals surface area (Å²) in [7, 11) is 0. The SMILES string of the molecule is NC(=O)c1ccc2c(c1)ncn2N1CCN(Cc2ccnc3ccccc23)CC1. The molecule has 1 amide bonds. The first-order valence-electron chi connectivity index (χ1n) is 9.76. The second kappa shape index (κ2) is 7.18. The van der Waals surface area contributed by atoms with E-state index < -0.39 is 5.91 Å². The number of hydrogen-bond donors (Lipinski definition) is 1. The van der Waals surface area contributed by atoms with Crippen LogP contribution in [0.25, 0.3) is 21.9 Å². The number of nitrogens with zero attached hydrogens (tertiary/aromatic N) is 5. The fourth-order valence-electron chi connectivity index (χ4n) is 4.02. The molecule has 0 bridgehead atoms. The Kier molecular flexibility index (Phi) is 4.37. The number of benzene rings is 2. The van der Waals surface area contributed by atoms with E-state index >= 15 is 0 Å². The van der Waals surface area contributed by atoms with Crippen LogP contribution in [0.5, 0.6) is 0 Å². The summed E-state index contributed by atoms with van der Waals surface area (Å²) in [5, 5.41) is 3.52. The van der Waals surface area contributed by atoms with E-state index in [0.29, 0.717) is 5.56 Å². The molecule has 1 aliphatic rings. The third kappa shape index (κ3) is 3.30.